The second kappa shape index (κ2) is 11.1. The van der Waals surface area contributed by atoms with Crippen molar-refractivity contribution < 1.29 is 22.9 Å². The molecule has 0 aliphatic carbocycles. The van der Waals surface area contributed by atoms with Crippen LogP contribution < -0.4 is 16.4 Å². The van der Waals surface area contributed by atoms with E-state index in [1.165, 1.54) is 34.6 Å². The van der Waals surface area contributed by atoms with E-state index in [9.17, 15) is 28.1 Å². The molecule has 1 aromatic heterocycles. The molecule has 0 unspecified atom stereocenters. The summed E-state index contributed by atoms with van der Waals surface area (Å²) in [6, 6.07) is 15.5. The summed E-state index contributed by atoms with van der Waals surface area (Å²) in [7, 11) is -3.67. The van der Waals surface area contributed by atoms with E-state index >= 15 is 0 Å². The van der Waals surface area contributed by atoms with Crippen LogP contribution in [0.3, 0.4) is 0 Å². The van der Waals surface area contributed by atoms with Crippen molar-refractivity contribution in [2.75, 3.05) is 18.4 Å². The van der Waals surface area contributed by atoms with Gasteiger partial charge in [-0.15, -0.1) is 11.3 Å². The zero-order valence-corrected chi connectivity index (χ0v) is 21.3. The monoisotopic (exact) mass is 543 g/mol. The molecule has 3 aromatic rings. The molecule has 0 radical (unpaired) electrons. The van der Waals surface area contributed by atoms with Crippen LogP contribution in [0, 0.1) is 10.1 Å². The van der Waals surface area contributed by atoms with Crippen LogP contribution >= 0.6 is 11.3 Å². The number of hydrogen-bond acceptors (Lipinski definition) is 8. The summed E-state index contributed by atoms with van der Waals surface area (Å²) in [5.41, 5.74) is 6.49. The zero-order chi connectivity index (χ0) is 26.6. The summed E-state index contributed by atoms with van der Waals surface area (Å²) in [5, 5.41) is 16.9. The number of hydrogen-bond donors (Lipinski definition) is 3. The maximum Gasteiger partial charge on any atom is 0.270 e. The van der Waals surface area contributed by atoms with E-state index in [1.807, 2.05) is 0 Å². The van der Waals surface area contributed by atoms with Crippen LogP contribution in [0.2, 0.25) is 0 Å². The highest BCUT2D eigenvalue weighted by Crippen LogP contribution is 2.28. The van der Waals surface area contributed by atoms with Crippen molar-refractivity contribution in [2.24, 2.45) is 5.73 Å². The number of sulfonamides is 1. The van der Waals surface area contributed by atoms with E-state index in [-0.39, 0.29) is 28.0 Å². The summed E-state index contributed by atoms with van der Waals surface area (Å²) in [6.45, 7) is 0.814. The third-order valence-electron chi connectivity index (χ3n) is 5.97. The number of thiophene rings is 1. The number of nitrogens with one attached hydrogen (secondary N) is 2. The normalized spacial score (nSPS) is 14.7. The average molecular weight is 544 g/mol. The number of anilines is 1. The summed E-state index contributed by atoms with van der Waals surface area (Å²) in [5.74, 6) is -0.980. The maximum atomic E-state index is 13.1. The highest BCUT2D eigenvalue weighted by Gasteiger charge is 2.30. The second-order valence-electron chi connectivity index (χ2n) is 8.48. The fourth-order valence-electron chi connectivity index (χ4n) is 3.96. The molecule has 1 saturated heterocycles. The van der Waals surface area contributed by atoms with Gasteiger partial charge in [-0.2, -0.15) is 4.31 Å². The standard InChI is InChI=1S/C24H25N5O6S2/c25-23(30)16-4-6-18(7-5-16)27-19-10-12-28(13-11-19)37(34,35)22-9-8-21(36-22)15-26-24(31)17-2-1-3-20(14-17)29(32)33/h1-9,14,19,27H,10-13,15H2,(H2,25,30)(H,26,31). The molecule has 0 atom stereocenters. The lowest BCUT2D eigenvalue weighted by Gasteiger charge is -2.31. The number of nitro groups is 1. The third-order valence-corrected chi connectivity index (χ3v) is 9.42. The molecule has 2 aromatic carbocycles. The highest BCUT2D eigenvalue weighted by atomic mass is 32.2. The Morgan fingerprint density at radius 2 is 1.76 bits per heavy atom. The van der Waals surface area contributed by atoms with Crippen molar-refractivity contribution >= 4 is 44.5 Å². The Balaban J connectivity index is 1.31. The van der Waals surface area contributed by atoms with Gasteiger partial charge < -0.3 is 16.4 Å². The number of nitro benzene ring substituents is 1. The van der Waals surface area contributed by atoms with Crippen LogP contribution in [0.5, 0.6) is 0 Å². The maximum absolute atomic E-state index is 13.1. The summed E-state index contributed by atoms with van der Waals surface area (Å²) < 4.78 is 27.9. The van der Waals surface area contributed by atoms with Crippen LogP contribution in [0.25, 0.3) is 0 Å². The van der Waals surface area contributed by atoms with E-state index in [0.717, 1.165) is 17.0 Å². The summed E-state index contributed by atoms with van der Waals surface area (Å²) in [4.78, 5) is 34.6. The van der Waals surface area contributed by atoms with Gasteiger partial charge in [0.15, 0.2) is 0 Å². The minimum Gasteiger partial charge on any atom is -0.382 e. The van der Waals surface area contributed by atoms with E-state index in [2.05, 4.69) is 10.6 Å². The van der Waals surface area contributed by atoms with Gasteiger partial charge in [0.25, 0.3) is 21.6 Å². The molecular formula is C24H25N5O6S2. The number of carbonyl (C=O) groups excluding carboxylic acids is 2. The molecule has 0 saturated carbocycles. The van der Waals surface area contributed by atoms with Gasteiger partial charge >= 0.3 is 0 Å². The Hall–Kier alpha value is -3.81. The quantitative estimate of drug-likeness (QED) is 0.276. The first-order chi connectivity index (χ1) is 17.6. The molecule has 1 aliphatic heterocycles. The van der Waals surface area contributed by atoms with Gasteiger partial charge in [0.1, 0.15) is 4.21 Å². The first-order valence-corrected chi connectivity index (χ1v) is 13.7. The molecule has 11 nitrogen and oxygen atoms in total. The van der Waals surface area contributed by atoms with Crippen molar-refractivity contribution in [1.82, 2.24) is 9.62 Å². The van der Waals surface area contributed by atoms with Crippen molar-refractivity contribution in [3.05, 3.63) is 86.8 Å². The smallest absolute Gasteiger partial charge is 0.270 e. The number of carbonyl (C=O) groups is 2. The predicted octanol–water partition coefficient (Wildman–Crippen LogP) is 2.95. The highest BCUT2D eigenvalue weighted by molar-refractivity contribution is 7.91. The average Bonchev–Trinajstić information content (AvgIpc) is 3.38. The molecule has 4 rings (SSSR count). The molecule has 194 valence electrons. The lowest BCUT2D eigenvalue weighted by molar-refractivity contribution is -0.384. The first kappa shape index (κ1) is 26.3. The van der Waals surface area contributed by atoms with Crippen LogP contribution in [-0.2, 0) is 16.6 Å². The van der Waals surface area contributed by atoms with Crippen molar-refractivity contribution in [3.8, 4) is 0 Å². The van der Waals surface area contributed by atoms with Gasteiger partial charge in [-0.3, -0.25) is 19.7 Å². The fraction of sp³-hybridized carbons (Fsp3) is 0.250. The molecule has 37 heavy (non-hydrogen) atoms. The number of amides is 2. The number of benzene rings is 2. The SMILES string of the molecule is NC(=O)c1ccc(NC2CCN(S(=O)(=O)c3ccc(CNC(=O)c4cccc([N+](=O)[O-])c4)s3)CC2)cc1. The van der Waals surface area contributed by atoms with E-state index < -0.39 is 26.8 Å². The van der Waals surface area contributed by atoms with E-state index in [4.69, 9.17) is 5.73 Å². The molecule has 1 fully saturated rings. The number of piperidine rings is 1. The van der Waals surface area contributed by atoms with Crippen LogP contribution in [0.1, 0.15) is 38.4 Å². The Bertz CT molecular complexity index is 1410. The lowest BCUT2D eigenvalue weighted by Crippen LogP contribution is -2.42. The van der Waals surface area contributed by atoms with Gasteiger partial charge in [0.2, 0.25) is 5.91 Å². The lowest BCUT2D eigenvalue weighted by atomic mass is 10.1. The molecular weight excluding hydrogens is 518 g/mol. The summed E-state index contributed by atoms with van der Waals surface area (Å²) in [6.07, 6.45) is 1.24. The van der Waals surface area contributed by atoms with Gasteiger partial charge in [0, 0.05) is 53.0 Å². The Morgan fingerprint density at radius 1 is 1.05 bits per heavy atom. The minimum atomic E-state index is -3.67. The largest absolute Gasteiger partial charge is 0.382 e. The fourth-order valence-corrected chi connectivity index (χ4v) is 6.88. The van der Waals surface area contributed by atoms with E-state index in [0.29, 0.717) is 36.4 Å². The van der Waals surface area contributed by atoms with Crippen molar-refractivity contribution in [2.45, 2.75) is 29.6 Å². The van der Waals surface area contributed by atoms with Crippen molar-refractivity contribution in [3.63, 3.8) is 0 Å². The Morgan fingerprint density at radius 3 is 2.41 bits per heavy atom. The number of nitrogens with two attached hydrogens (primary N) is 1. The molecule has 2 amide bonds. The molecule has 2 heterocycles. The van der Waals surface area contributed by atoms with Gasteiger partial charge in [-0.05, 0) is 55.3 Å². The Kier molecular flexibility index (Phi) is 7.86. The molecule has 4 N–H and O–H groups in total. The number of nitrogens with zero attached hydrogens (tertiary/aromatic N) is 2. The number of non-ortho nitro benzene ring substituents is 1. The zero-order valence-electron chi connectivity index (χ0n) is 19.6. The first-order valence-electron chi connectivity index (χ1n) is 11.4. The van der Waals surface area contributed by atoms with Gasteiger partial charge in [0.05, 0.1) is 11.5 Å². The molecule has 13 heteroatoms. The van der Waals surface area contributed by atoms with E-state index in [1.54, 1.807) is 30.3 Å². The molecule has 1 aliphatic rings. The topological polar surface area (TPSA) is 165 Å². The molecule has 0 spiro atoms. The van der Waals surface area contributed by atoms with Crippen LogP contribution in [0.15, 0.2) is 64.9 Å². The number of rotatable bonds is 9. The van der Waals surface area contributed by atoms with Crippen LogP contribution in [-0.4, -0.2) is 48.6 Å². The van der Waals surface area contributed by atoms with Gasteiger partial charge in [-0.25, -0.2) is 8.42 Å². The van der Waals surface area contributed by atoms with Crippen LogP contribution in [0.4, 0.5) is 11.4 Å². The Labute approximate surface area is 217 Å². The number of primary amides is 1. The minimum absolute atomic E-state index is 0.0915. The third kappa shape index (κ3) is 6.31. The molecule has 0 bridgehead atoms. The van der Waals surface area contributed by atoms with Gasteiger partial charge in [-0.1, -0.05) is 6.07 Å². The predicted molar refractivity (Wildman–Crippen MR) is 139 cm³/mol. The second-order valence-corrected chi connectivity index (χ2v) is 11.8. The summed E-state index contributed by atoms with van der Waals surface area (Å²) >= 11 is 1.08. The van der Waals surface area contributed by atoms with Crippen molar-refractivity contribution in [1.29, 1.82) is 0 Å².